The summed E-state index contributed by atoms with van der Waals surface area (Å²) in [4.78, 5) is 2.47. The standard InChI is InChI=1S/C16H23ClN2O/c1-19-7-3-2-4-14(19)10-18-11-15-9-12-8-13(17)5-6-16(12)20-15/h5-6,8,14-15,18H,2-4,7,9-11H2,1H3. The molecule has 4 heteroatoms. The number of rotatable bonds is 4. The highest BCUT2D eigenvalue weighted by atomic mass is 35.5. The van der Waals surface area contributed by atoms with Gasteiger partial charge in [0.1, 0.15) is 11.9 Å². The molecule has 0 spiro atoms. The molecule has 2 aliphatic heterocycles. The lowest BCUT2D eigenvalue weighted by atomic mass is 10.0. The van der Waals surface area contributed by atoms with Gasteiger partial charge in [0.05, 0.1) is 0 Å². The Kier molecular flexibility index (Phi) is 4.49. The minimum absolute atomic E-state index is 0.248. The summed E-state index contributed by atoms with van der Waals surface area (Å²) in [5.41, 5.74) is 1.24. The third-order valence-corrected chi connectivity index (χ3v) is 4.67. The van der Waals surface area contributed by atoms with Gasteiger partial charge in [-0.1, -0.05) is 18.0 Å². The number of benzene rings is 1. The summed E-state index contributed by atoms with van der Waals surface area (Å²) >= 11 is 6.02. The molecule has 0 bridgehead atoms. The van der Waals surface area contributed by atoms with Gasteiger partial charge in [-0.25, -0.2) is 0 Å². The van der Waals surface area contributed by atoms with Gasteiger partial charge in [0.2, 0.25) is 0 Å². The molecule has 3 rings (SSSR count). The molecule has 1 aromatic rings. The topological polar surface area (TPSA) is 24.5 Å². The highest BCUT2D eigenvalue weighted by Gasteiger charge is 2.24. The average molecular weight is 295 g/mol. The number of nitrogens with zero attached hydrogens (tertiary/aromatic N) is 1. The first-order chi connectivity index (χ1) is 9.72. The number of nitrogens with one attached hydrogen (secondary N) is 1. The first-order valence-corrected chi connectivity index (χ1v) is 7.96. The van der Waals surface area contributed by atoms with Crippen molar-refractivity contribution in [1.82, 2.24) is 10.2 Å². The van der Waals surface area contributed by atoms with Crippen molar-refractivity contribution in [2.24, 2.45) is 0 Å². The lowest BCUT2D eigenvalue weighted by molar-refractivity contribution is 0.171. The Balaban J connectivity index is 1.44. The smallest absolute Gasteiger partial charge is 0.123 e. The maximum atomic E-state index is 6.02. The van der Waals surface area contributed by atoms with Gasteiger partial charge in [-0.2, -0.15) is 0 Å². The molecule has 2 atom stereocenters. The van der Waals surface area contributed by atoms with E-state index in [1.165, 1.54) is 31.4 Å². The molecule has 0 saturated carbocycles. The van der Waals surface area contributed by atoms with Crippen molar-refractivity contribution in [1.29, 1.82) is 0 Å². The molecule has 2 aliphatic rings. The molecule has 0 aromatic heterocycles. The highest BCUT2D eigenvalue weighted by molar-refractivity contribution is 6.30. The van der Waals surface area contributed by atoms with Crippen molar-refractivity contribution >= 4 is 11.6 Å². The number of fused-ring (bicyclic) bond motifs is 1. The number of piperidine rings is 1. The first kappa shape index (κ1) is 14.2. The third kappa shape index (κ3) is 3.27. The molecule has 1 aromatic carbocycles. The molecule has 1 fully saturated rings. The number of ether oxygens (including phenoxy) is 1. The summed E-state index contributed by atoms with van der Waals surface area (Å²) in [6.45, 7) is 3.21. The Hall–Kier alpha value is -0.770. The lowest BCUT2D eigenvalue weighted by Crippen LogP contribution is -2.45. The van der Waals surface area contributed by atoms with E-state index in [1.54, 1.807) is 0 Å². The quantitative estimate of drug-likeness (QED) is 0.924. The van der Waals surface area contributed by atoms with E-state index in [2.05, 4.69) is 17.3 Å². The Morgan fingerprint density at radius 1 is 1.35 bits per heavy atom. The van der Waals surface area contributed by atoms with Crippen LogP contribution in [0.3, 0.4) is 0 Å². The molecular formula is C16H23ClN2O. The van der Waals surface area contributed by atoms with Crippen molar-refractivity contribution in [2.45, 2.75) is 37.8 Å². The number of likely N-dealkylation sites (N-methyl/N-ethyl adjacent to an activating group) is 1. The summed E-state index contributed by atoms with van der Waals surface area (Å²) < 4.78 is 5.94. The van der Waals surface area contributed by atoms with Crippen LogP contribution in [0.1, 0.15) is 24.8 Å². The predicted molar refractivity (Wildman–Crippen MR) is 82.7 cm³/mol. The van der Waals surface area contributed by atoms with Crippen molar-refractivity contribution in [3.8, 4) is 5.75 Å². The van der Waals surface area contributed by atoms with Crippen LogP contribution in [-0.2, 0) is 6.42 Å². The van der Waals surface area contributed by atoms with Crippen molar-refractivity contribution < 1.29 is 4.74 Å². The molecule has 2 unspecified atom stereocenters. The molecule has 1 saturated heterocycles. The molecule has 110 valence electrons. The van der Waals surface area contributed by atoms with Crippen LogP contribution in [0.4, 0.5) is 0 Å². The van der Waals surface area contributed by atoms with Gasteiger partial charge in [0.15, 0.2) is 0 Å². The van der Waals surface area contributed by atoms with E-state index in [0.29, 0.717) is 6.04 Å². The highest BCUT2D eigenvalue weighted by Crippen LogP contribution is 2.30. The van der Waals surface area contributed by atoms with Crippen LogP contribution in [0.5, 0.6) is 5.75 Å². The second-order valence-corrected chi connectivity index (χ2v) is 6.42. The SMILES string of the molecule is CN1CCCCC1CNCC1Cc2cc(Cl)ccc2O1. The number of halogens is 1. The minimum Gasteiger partial charge on any atom is -0.488 e. The molecule has 0 aliphatic carbocycles. The second-order valence-electron chi connectivity index (χ2n) is 5.98. The molecule has 20 heavy (non-hydrogen) atoms. The van der Waals surface area contributed by atoms with Crippen molar-refractivity contribution in [3.05, 3.63) is 28.8 Å². The van der Waals surface area contributed by atoms with Crippen LogP contribution in [0, 0.1) is 0 Å². The van der Waals surface area contributed by atoms with Gasteiger partial charge >= 0.3 is 0 Å². The third-order valence-electron chi connectivity index (χ3n) is 4.44. The van der Waals surface area contributed by atoms with E-state index in [-0.39, 0.29) is 6.10 Å². The Morgan fingerprint density at radius 2 is 2.25 bits per heavy atom. The zero-order valence-electron chi connectivity index (χ0n) is 12.1. The number of likely N-dealkylation sites (tertiary alicyclic amines) is 1. The fourth-order valence-electron chi connectivity index (χ4n) is 3.22. The molecule has 3 nitrogen and oxygen atoms in total. The average Bonchev–Trinajstić information content (AvgIpc) is 2.83. The van der Waals surface area contributed by atoms with E-state index in [4.69, 9.17) is 16.3 Å². The zero-order valence-corrected chi connectivity index (χ0v) is 12.8. The van der Waals surface area contributed by atoms with Gasteiger partial charge in [0.25, 0.3) is 0 Å². The summed E-state index contributed by atoms with van der Waals surface area (Å²) in [6, 6.07) is 6.58. The second kappa shape index (κ2) is 6.33. The van der Waals surface area contributed by atoms with E-state index < -0.39 is 0 Å². The largest absolute Gasteiger partial charge is 0.488 e. The maximum Gasteiger partial charge on any atom is 0.123 e. The molecular weight excluding hydrogens is 272 g/mol. The Labute approximate surface area is 126 Å². The fraction of sp³-hybridized carbons (Fsp3) is 0.625. The van der Waals surface area contributed by atoms with Crippen LogP contribution in [-0.4, -0.2) is 43.7 Å². The zero-order chi connectivity index (χ0) is 13.9. The first-order valence-electron chi connectivity index (χ1n) is 7.58. The van der Waals surface area contributed by atoms with Crippen LogP contribution in [0.2, 0.25) is 5.02 Å². The predicted octanol–water partition coefficient (Wildman–Crippen LogP) is 2.72. The van der Waals surface area contributed by atoms with E-state index in [0.717, 1.165) is 30.3 Å². The number of hydrogen-bond acceptors (Lipinski definition) is 3. The van der Waals surface area contributed by atoms with Crippen LogP contribution < -0.4 is 10.1 Å². The minimum atomic E-state index is 0.248. The van der Waals surface area contributed by atoms with Gasteiger partial charge in [-0.3, -0.25) is 0 Å². The van der Waals surface area contributed by atoms with Crippen LogP contribution in [0.25, 0.3) is 0 Å². The Bertz CT molecular complexity index is 466. The maximum absolute atomic E-state index is 6.02. The van der Waals surface area contributed by atoms with Gasteiger partial charge in [-0.05, 0) is 50.2 Å². The summed E-state index contributed by atoms with van der Waals surface area (Å²) in [5, 5.41) is 4.37. The van der Waals surface area contributed by atoms with Gasteiger partial charge < -0.3 is 15.0 Å². The van der Waals surface area contributed by atoms with Gasteiger partial charge in [-0.15, -0.1) is 0 Å². The van der Waals surface area contributed by atoms with Crippen molar-refractivity contribution in [2.75, 3.05) is 26.7 Å². The van der Waals surface area contributed by atoms with E-state index in [1.807, 2.05) is 18.2 Å². The van der Waals surface area contributed by atoms with E-state index in [9.17, 15) is 0 Å². The summed E-state index contributed by atoms with van der Waals surface area (Å²) in [5.74, 6) is 0.996. The monoisotopic (exact) mass is 294 g/mol. The van der Waals surface area contributed by atoms with Crippen molar-refractivity contribution in [3.63, 3.8) is 0 Å². The normalized spacial score (nSPS) is 26.3. The Morgan fingerprint density at radius 3 is 3.10 bits per heavy atom. The molecule has 0 radical (unpaired) electrons. The van der Waals surface area contributed by atoms with Crippen LogP contribution in [0.15, 0.2) is 18.2 Å². The van der Waals surface area contributed by atoms with Gasteiger partial charge in [0, 0.05) is 30.6 Å². The molecule has 0 amide bonds. The molecule has 2 heterocycles. The summed E-state index contributed by atoms with van der Waals surface area (Å²) in [7, 11) is 2.23. The number of hydrogen-bond donors (Lipinski definition) is 1. The molecule has 1 N–H and O–H groups in total. The fourth-order valence-corrected chi connectivity index (χ4v) is 3.41. The lowest BCUT2D eigenvalue weighted by Gasteiger charge is -2.32. The van der Waals surface area contributed by atoms with Crippen LogP contribution >= 0.6 is 11.6 Å². The van der Waals surface area contributed by atoms with E-state index >= 15 is 0 Å². The summed E-state index contributed by atoms with van der Waals surface area (Å²) in [6.07, 6.45) is 5.22.